The number of hydrogen-bond donors (Lipinski definition) is 2. The third-order valence-electron chi connectivity index (χ3n) is 4.85. The Labute approximate surface area is 192 Å². The molecule has 0 unspecified atom stereocenters. The zero-order valence-electron chi connectivity index (χ0n) is 17.9. The minimum atomic E-state index is -3.12. The first-order valence-corrected chi connectivity index (χ1v) is 11.6. The lowest BCUT2D eigenvalue weighted by Crippen LogP contribution is -2.38. The van der Waals surface area contributed by atoms with E-state index in [0.717, 1.165) is 17.9 Å². The molecule has 0 spiro atoms. The van der Waals surface area contributed by atoms with Crippen LogP contribution in [-0.2, 0) is 16.6 Å². The van der Waals surface area contributed by atoms with Gasteiger partial charge in [0, 0.05) is 39.3 Å². The van der Waals surface area contributed by atoms with Crippen LogP contribution in [0.15, 0.2) is 23.2 Å². The molecule has 0 radical (unpaired) electrons. The maximum atomic E-state index is 11.8. The van der Waals surface area contributed by atoms with Crippen molar-refractivity contribution in [1.82, 2.24) is 14.9 Å². The molecule has 0 bridgehead atoms. The highest BCUT2D eigenvalue weighted by Crippen LogP contribution is 2.30. The van der Waals surface area contributed by atoms with Crippen molar-refractivity contribution in [2.24, 2.45) is 10.9 Å². The molecule has 0 aromatic heterocycles. The first-order valence-electron chi connectivity index (χ1n) is 9.96. The molecule has 1 fully saturated rings. The third kappa shape index (κ3) is 9.08. The van der Waals surface area contributed by atoms with Crippen molar-refractivity contribution in [3.63, 3.8) is 0 Å². The van der Waals surface area contributed by atoms with Gasteiger partial charge in [-0.25, -0.2) is 12.7 Å². The van der Waals surface area contributed by atoms with E-state index < -0.39 is 10.0 Å². The predicted octanol–water partition coefficient (Wildman–Crippen LogP) is 2.74. The minimum absolute atomic E-state index is 0. The van der Waals surface area contributed by atoms with Crippen LogP contribution in [0.1, 0.15) is 37.3 Å². The summed E-state index contributed by atoms with van der Waals surface area (Å²) in [5.41, 5.74) is 2.28. The van der Waals surface area contributed by atoms with Gasteiger partial charge in [-0.15, -0.1) is 24.0 Å². The molecule has 1 aromatic carbocycles. The average molecular weight is 538 g/mol. The molecular weight excluding hydrogens is 503 g/mol. The van der Waals surface area contributed by atoms with Crippen LogP contribution in [0.3, 0.4) is 0 Å². The molecular formula is C20H35IN4O3S. The summed E-state index contributed by atoms with van der Waals surface area (Å²) in [7, 11) is 0.222. The molecule has 7 nitrogen and oxygen atoms in total. The zero-order valence-corrected chi connectivity index (χ0v) is 21.0. The van der Waals surface area contributed by atoms with Crippen LogP contribution in [0.5, 0.6) is 5.75 Å². The molecule has 29 heavy (non-hydrogen) atoms. The first-order chi connectivity index (χ1) is 13.4. The van der Waals surface area contributed by atoms with E-state index >= 15 is 0 Å². The number of aliphatic imine (C=N–C) groups is 1. The number of aryl methyl sites for hydroxylation is 1. The summed E-state index contributed by atoms with van der Waals surface area (Å²) in [6.45, 7) is 6.25. The summed E-state index contributed by atoms with van der Waals surface area (Å²) in [6, 6.07) is 6.25. The molecule has 1 aliphatic carbocycles. The van der Waals surface area contributed by atoms with E-state index in [9.17, 15) is 8.42 Å². The van der Waals surface area contributed by atoms with Crippen molar-refractivity contribution < 1.29 is 13.2 Å². The molecule has 0 saturated heterocycles. The molecule has 0 atom stereocenters. The van der Waals surface area contributed by atoms with E-state index in [1.165, 1.54) is 22.7 Å². The number of benzene rings is 1. The van der Waals surface area contributed by atoms with Crippen LogP contribution in [0, 0.1) is 12.8 Å². The normalized spacial score (nSPS) is 14.4. The standard InChI is InChI=1S/C20H34N4O3S.HI/c1-5-28(25,26)24(4)12-6-11-22-20(21-3)23-14-18-10-7-16(2)13-19(18)27-15-17-8-9-17;/h7,10,13,17H,5-6,8-9,11-12,14-15H2,1-4H3,(H2,21,22,23);1H. The van der Waals surface area contributed by atoms with Gasteiger partial charge < -0.3 is 15.4 Å². The monoisotopic (exact) mass is 538 g/mol. The quantitative estimate of drug-likeness (QED) is 0.196. The van der Waals surface area contributed by atoms with Gasteiger partial charge in [-0.2, -0.15) is 0 Å². The van der Waals surface area contributed by atoms with Crippen LogP contribution >= 0.6 is 24.0 Å². The molecule has 2 N–H and O–H groups in total. The van der Waals surface area contributed by atoms with Gasteiger partial charge in [-0.05, 0) is 50.7 Å². The number of guanidine groups is 1. The molecule has 1 saturated carbocycles. The van der Waals surface area contributed by atoms with Gasteiger partial charge in [-0.1, -0.05) is 12.1 Å². The SMILES string of the molecule is CCS(=O)(=O)N(C)CCCNC(=NC)NCc1ccc(C)cc1OCC1CC1.I. The van der Waals surface area contributed by atoms with Gasteiger partial charge in [0.05, 0.1) is 12.4 Å². The number of ether oxygens (including phenoxy) is 1. The fourth-order valence-corrected chi connectivity index (χ4v) is 3.55. The molecule has 166 valence electrons. The lowest BCUT2D eigenvalue weighted by atomic mass is 10.1. The summed E-state index contributed by atoms with van der Waals surface area (Å²) >= 11 is 0. The van der Waals surface area contributed by atoms with Crippen molar-refractivity contribution in [2.75, 3.05) is 39.5 Å². The molecule has 1 aromatic rings. The van der Waals surface area contributed by atoms with Gasteiger partial charge in [0.15, 0.2) is 5.96 Å². The fraction of sp³-hybridized carbons (Fsp3) is 0.650. The molecule has 1 aliphatic rings. The zero-order chi connectivity index (χ0) is 20.6. The number of rotatable bonds is 11. The van der Waals surface area contributed by atoms with Crippen LogP contribution in [-0.4, -0.2) is 58.2 Å². The number of nitrogens with one attached hydrogen (secondary N) is 2. The second kappa shape index (κ2) is 12.6. The van der Waals surface area contributed by atoms with Crippen LogP contribution in [0.25, 0.3) is 0 Å². The summed E-state index contributed by atoms with van der Waals surface area (Å²) < 4.78 is 30.9. The Morgan fingerprint density at radius 3 is 2.66 bits per heavy atom. The number of sulfonamides is 1. The van der Waals surface area contributed by atoms with Crippen molar-refractivity contribution in [1.29, 1.82) is 0 Å². The Kier molecular flexibility index (Phi) is 11.3. The van der Waals surface area contributed by atoms with Crippen molar-refractivity contribution in [3.8, 4) is 5.75 Å². The van der Waals surface area contributed by atoms with Gasteiger partial charge >= 0.3 is 0 Å². The van der Waals surface area contributed by atoms with Crippen LogP contribution in [0.4, 0.5) is 0 Å². The molecule has 9 heteroatoms. The minimum Gasteiger partial charge on any atom is -0.493 e. The highest BCUT2D eigenvalue weighted by atomic mass is 127. The van der Waals surface area contributed by atoms with Crippen molar-refractivity contribution in [3.05, 3.63) is 29.3 Å². The van der Waals surface area contributed by atoms with Crippen molar-refractivity contribution in [2.45, 2.75) is 39.7 Å². The number of halogens is 1. The average Bonchev–Trinajstić information content (AvgIpc) is 3.51. The van der Waals surface area contributed by atoms with E-state index in [4.69, 9.17) is 4.74 Å². The van der Waals surface area contributed by atoms with E-state index in [-0.39, 0.29) is 29.7 Å². The van der Waals surface area contributed by atoms with Gasteiger partial charge in [-0.3, -0.25) is 4.99 Å². The van der Waals surface area contributed by atoms with E-state index in [2.05, 4.69) is 40.7 Å². The van der Waals surface area contributed by atoms with E-state index in [1.54, 1.807) is 21.0 Å². The second-order valence-corrected chi connectivity index (χ2v) is 9.66. The Morgan fingerprint density at radius 2 is 2.03 bits per heavy atom. The second-order valence-electron chi connectivity index (χ2n) is 7.29. The van der Waals surface area contributed by atoms with Gasteiger partial charge in [0.2, 0.25) is 10.0 Å². The van der Waals surface area contributed by atoms with Gasteiger partial charge in [0.25, 0.3) is 0 Å². The molecule has 0 amide bonds. The molecule has 2 rings (SSSR count). The Hall–Kier alpha value is -1.07. The summed E-state index contributed by atoms with van der Waals surface area (Å²) in [4.78, 5) is 4.24. The highest BCUT2D eigenvalue weighted by molar-refractivity contribution is 14.0. The first kappa shape index (κ1) is 26.0. The largest absolute Gasteiger partial charge is 0.493 e. The van der Waals surface area contributed by atoms with Crippen molar-refractivity contribution >= 4 is 40.0 Å². The molecule has 0 heterocycles. The van der Waals surface area contributed by atoms with E-state index in [0.29, 0.717) is 37.9 Å². The Bertz CT molecular complexity index is 767. The lowest BCUT2D eigenvalue weighted by Gasteiger charge is -2.17. The fourth-order valence-electron chi connectivity index (χ4n) is 2.70. The number of hydrogen-bond acceptors (Lipinski definition) is 4. The number of nitrogens with zero attached hydrogens (tertiary/aromatic N) is 2. The van der Waals surface area contributed by atoms with Crippen LogP contribution < -0.4 is 15.4 Å². The maximum Gasteiger partial charge on any atom is 0.213 e. The summed E-state index contributed by atoms with van der Waals surface area (Å²) in [5.74, 6) is 2.46. The highest BCUT2D eigenvalue weighted by Gasteiger charge is 2.22. The topological polar surface area (TPSA) is 83.0 Å². The summed E-state index contributed by atoms with van der Waals surface area (Å²) in [5, 5.41) is 6.54. The summed E-state index contributed by atoms with van der Waals surface area (Å²) in [6.07, 6.45) is 3.24. The maximum absolute atomic E-state index is 11.8. The lowest BCUT2D eigenvalue weighted by molar-refractivity contribution is 0.296. The third-order valence-corrected chi connectivity index (χ3v) is 6.71. The smallest absolute Gasteiger partial charge is 0.213 e. The Balaban J connectivity index is 0.00000420. The van der Waals surface area contributed by atoms with E-state index in [1.807, 2.05) is 0 Å². The van der Waals surface area contributed by atoms with Crippen LogP contribution in [0.2, 0.25) is 0 Å². The van der Waals surface area contributed by atoms with Gasteiger partial charge in [0.1, 0.15) is 5.75 Å². The Morgan fingerprint density at radius 1 is 1.31 bits per heavy atom. The molecule has 0 aliphatic heterocycles. The predicted molar refractivity (Wildman–Crippen MR) is 130 cm³/mol.